The summed E-state index contributed by atoms with van der Waals surface area (Å²) in [5.74, 6) is -1.16. The molecule has 2 N–H and O–H groups in total. The van der Waals surface area contributed by atoms with Crippen LogP contribution in [0.5, 0.6) is 0 Å². The molecule has 0 saturated heterocycles. The van der Waals surface area contributed by atoms with E-state index in [1.165, 1.54) is 24.3 Å². The second-order valence-corrected chi connectivity index (χ2v) is 9.00. The molecule has 166 valence electrons. The van der Waals surface area contributed by atoms with Gasteiger partial charge in [-0.25, -0.2) is 13.2 Å². The Morgan fingerprint density at radius 2 is 1.56 bits per heavy atom. The van der Waals surface area contributed by atoms with Gasteiger partial charge in [-0.1, -0.05) is 66.7 Å². The summed E-state index contributed by atoms with van der Waals surface area (Å²) >= 11 is 0. The highest BCUT2D eigenvalue weighted by Crippen LogP contribution is 2.18. The number of hydrogen-bond donors (Lipinski definition) is 2. The number of ether oxygens (including phenoxy) is 1. The van der Waals surface area contributed by atoms with Crippen molar-refractivity contribution in [2.24, 2.45) is 0 Å². The minimum atomic E-state index is -3.48. The number of rotatable bonds is 9. The van der Waals surface area contributed by atoms with Crippen molar-refractivity contribution in [3.8, 4) is 0 Å². The summed E-state index contributed by atoms with van der Waals surface area (Å²) in [6, 6.07) is 24.9. The molecule has 7 nitrogen and oxygen atoms in total. The normalized spacial score (nSPS) is 11.9. The SMILES string of the molecule is CS(=O)(=O)Nc1cccc(C(=O)OCC(=O)NC(Cc2ccccc2)c2ccccc2)c1. The molecule has 0 saturated carbocycles. The summed E-state index contributed by atoms with van der Waals surface area (Å²) in [5.41, 5.74) is 2.37. The molecule has 0 radical (unpaired) electrons. The van der Waals surface area contributed by atoms with E-state index in [0.717, 1.165) is 17.4 Å². The van der Waals surface area contributed by atoms with E-state index in [4.69, 9.17) is 4.74 Å². The molecule has 1 unspecified atom stereocenters. The lowest BCUT2D eigenvalue weighted by molar-refractivity contribution is -0.125. The molecule has 0 aliphatic heterocycles. The highest BCUT2D eigenvalue weighted by Gasteiger charge is 2.17. The lowest BCUT2D eigenvalue weighted by Gasteiger charge is -2.19. The van der Waals surface area contributed by atoms with Crippen LogP contribution in [0.3, 0.4) is 0 Å². The Hall–Kier alpha value is -3.65. The van der Waals surface area contributed by atoms with Gasteiger partial charge in [-0.15, -0.1) is 0 Å². The van der Waals surface area contributed by atoms with Crippen LogP contribution < -0.4 is 10.0 Å². The van der Waals surface area contributed by atoms with E-state index in [0.29, 0.717) is 6.42 Å². The van der Waals surface area contributed by atoms with Gasteiger partial charge in [0, 0.05) is 5.69 Å². The fraction of sp³-hybridized carbons (Fsp3) is 0.167. The summed E-state index contributed by atoms with van der Waals surface area (Å²) < 4.78 is 30.2. The minimum absolute atomic E-state index is 0.135. The smallest absolute Gasteiger partial charge is 0.338 e. The third-order valence-corrected chi connectivity index (χ3v) is 5.16. The van der Waals surface area contributed by atoms with Crippen LogP contribution in [0, 0.1) is 0 Å². The zero-order chi connectivity index (χ0) is 23.0. The van der Waals surface area contributed by atoms with Crippen molar-refractivity contribution >= 4 is 27.6 Å². The Morgan fingerprint density at radius 1 is 0.906 bits per heavy atom. The average molecular weight is 453 g/mol. The Bertz CT molecular complexity index is 1170. The first-order chi connectivity index (χ1) is 15.3. The van der Waals surface area contributed by atoms with Gasteiger partial charge in [-0.3, -0.25) is 9.52 Å². The van der Waals surface area contributed by atoms with E-state index in [2.05, 4.69) is 10.0 Å². The van der Waals surface area contributed by atoms with Crippen LogP contribution in [0.4, 0.5) is 5.69 Å². The molecular weight excluding hydrogens is 428 g/mol. The number of esters is 1. The lowest BCUT2D eigenvalue weighted by atomic mass is 9.99. The molecule has 1 atom stereocenters. The second-order valence-electron chi connectivity index (χ2n) is 7.25. The fourth-order valence-corrected chi connectivity index (χ4v) is 3.72. The first-order valence-electron chi connectivity index (χ1n) is 9.93. The third kappa shape index (κ3) is 7.24. The molecule has 3 aromatic rings. The molecule has 32 heavy (non-hydrogen) atoms. The molecule has 3 aromatic carbocycles. The van der Waals surface area contributed by atoms with Crippen molar-refractivity contribution in [3.05, 3.63) is 102 Å². The van der Waals surface area contributed by atoms with E-state index in [-0.39, 0.29) is 17.3 Å². The molecule has 0 aliphatic carbocycles. The summed E-state index contributed by atoms with van der Waals surface area (Å²) in [7, 11) is -3.48. The van der Waals surface area contributed by atoms with Gasteiger partial charge in [0.25, 0.3) is 5.91 Å². The topological polar surface area (TPSA) is 102 Å². The van der Waals surface area contributed by atoms with E-state index in [1.54, 1.807) is 0 Å². The van der Waals surface area contributed by atoms with Gasteiger partial charge in [0.1, 0.15) is 0 Å². The molecule has 0 fully saturated rings. The quantitative estimate of drug-likeness (QED) is 0.485. The maximum Gasteiger partial charge on any atom is 0.338 e. The largest absolute Gasteiger partial charge is 0.452 e. The Kier molecular flexibility index (Phi) is 7.62. The lowest BCUT2D eigenvalue weighted by Crippen LogP contribution is -2.33. The molecule has 0 aromatic heterocycles. The van der Waals surface area contributed by atoms with Crippen LogP contribution >= 0.6 is 0 Å². The fourth-order valence-electron chi connectivity index (χ4n) is 3.16. The maximum atomic E-state index is 12.5. The number of nitrogens with one attached hydrogen (secondary N) is 2. The zero-order valence-corrected chi connectivity index (χ0v) is 18.3. The van der Waals surface area contributed by atoms with Crippen LogP contribution in [-0.4, -0.2) is 33.2 Å². The van der Waals surface area contributed by atoms with E-state index < -0.39 is 28.5 Å². The van der Waals surface area contributed by atoms with Crippen molar-refractivity contribution in [2.45, 2.75) is 12.5 Å². The van der Waals surface area contributed by atoms with Gasteiger partial charge in [0.05, 0.1) is 17.9 Å². The Morgan fingerprint density at radius 3 is 2.22 bits per heavy atom. The van der Waals surface area contributed by atoms with Gasteiger partial charge in [-0.2, -0.15) is 0 Å². The van der Waals surface area contributed by atoms with Gasteiger partial charge in [-0.05, 0) is 35.7 Å². The minimum Gasteiger partial charge on any atom is -0.452 e. The van der Waals surface area contributed by atoms with Crippen molar-refractivity contribution in [1.29, 1.82) is 0 Å². The molecule has 1 amide bonds. The summed E-state index contributed by atoms with van der Waals surface area (Å²) in [4.78, 5) is 24.9. The van der Waals surface area contributed by atoms with E-state index >= 15 is 0 Å². The monoisotopic (exact) mass is 452 g/mol. The van der Waals surface area contributed by atoms with E-state index in [1.807, 2.05) is 60.7 Å². The summed E-state index contributed by atoms with van der Waals surface area (Å²) in [5, 5.41) is 2.92. The van der Waals surface area contributed by atoms with Crippen molar-refractivity contribution in [3.63, 3.8) is 0 Å². The predicted octanol–water partition coefficient (Wildman–Crippen LogP) is 3.32. The molecular formula is C24H24N2O5S. The molecule has 0 aliphatic rings. The number of carbonyl (C=O) groups is 2. The number of sulfonamides is 1. The van der Waals surface area contributed by atoms with Crippen LogP contribution in [0.1, 0.15) is 27.5 Å². The highest BCUT2D eigenvalue weighted by atomic mass is 32.2. The maximum absolute atomic E-state index is 12.5. The summed E-state index contributed by atoms with van der Waals surface area (Å²) in [6.45, 7) is -0.458. The van der Waals surface area contributed by atoms with E-state index in [9.17, 15) is 18.0 Å². The molecule has 0 spiro atoms. The molecule has 3 rings (SSSR count). The molecule has 0 bridgehead atoms. The third-order valence-electron chi connectivity index (χ3n) is 4.56. The standard InChI is InChI=1S/C24H24N2O5S/c1-32(29,30)26-21-14-8-13-20(16-21)24(28)31-17-23(27)25-22(19-11-6-3-7-12-19)15-18-9-4-2-5-10-18/h2-14,16,22,26H,15,17H2,1H3,(H,25,27). The molecule has 0 heterocycles. The molecule has 8 heteroatoms. The number of carbonyl (C=O) groups excluding carboxylic acids is 2. The predicted molar refractivity (Wildman–Crippen MR) is 123 cm³/mol. The van der Waals surface area contributed by atoms with Crippen LogP contribution in [0.2, 0.25) is 0 Å². The zero-order valence-electron chi connectivity index (χ0n) is 17.5. The van der Waals surface area contributed by atoms with Gasteiger partial charge in [0.15, 0.2) is 6.61 Å². The van der Waals surface area contributed by atoms with Gasteiger partial charge >= 0.3 is 5.97 Å². The van der Waals surface area contributed by atoms with Crippen LogP contribution in [-0.2, 0) is 26.0 Å². The van der Waals surface area contributed by atoms with Crippen molar-refractivity contribution < 1.29 is 22.7 Å². The van der Waals surface area contributed by atoms with Crippen LogP contribution in [0.25, 0.3) is 0 Å². The number of hydrogen-bond acceptors (Lipinski definition) is 5. The van der Waals surface area contributed by atoms with Gasteiger partial charge in [0.2, 0.25) is 10.0 Å². The first-order valence-corrected chi connectivity index (χ1v) is 11.8. The van der Waals surface area contributed by atoms with Crippen LogP contribution in [0.15, 0.2) is 84.9 Å². The number of benzene rings is 3. The van der Waals surface area contributed by atoms with Gasteiger partial charge < -0.3 is 10.1 Å². The average Bonchev–Trinajstić information content (AvgIpc) is 2.77. The first kappa shape index (κ1) is 23.0. The number of amides is 1. The summed E-state index contributed by atoms with van der Waals surface area (Å²) in [6.07, 6.45) is 1.60. The Labute approximate surface area is 187 Å². The number of anilines is 1. The highest BCUT2D eigenvalue weighted by molar-refractivity contribution is 7.92. The second kappa shape index (κ2) is 10.6. The Balaban J connectivity index is 1.62. The van der Waals surface area contributed by atoms with Crippen molar-refractivity contribution in [1.82, 2.24) is 5.32 Å². The van der Waals surface area contributed by atoms with Crippen molar-refractivity contribution in [2.75, 3.05) is 17.6 Å².